The Hall–Kier alpha value is -2.93. The van der Waals surface area contributed by atoms with Crippen molar-refractivity contribution in [2.45, 2.75) is 71.9 Å². The average Bonchev–Trinajstić information content (AvgIpc) is 3.28. The number of H-pyrrole nitrogens is 1. The first-order valence-corrected chi connectivity index (χ1v) is 12.2. The molecule has 7 nitrogen and oxygen atoms in total. The summed E-state index contributed by atoms with van der Waals surface area (Å²) in [6, 6.07) is 4.08. The van der Waals surface area contributed by atoms with E-state index in [4.69, 9.17) is 9.47 Å². The first-order valence-electron chi connectivity index (χ1n) is 12.2. The van der Waals surface area contributed by atoms with Crippen LogP contribution in [0.5, 0.6) is 0 Å². The van der Waals surface area contributed by atoms with E-state index >= 15 is 0 Å². The molecule has 186 valence electrons. The van der Waals surface area contributed by atoms with Crippen LogP contribution in [0.1, 0.15) is 62.5 Å². The van der Waals surface area contributed by atoms with Gasteiger partial charge < -0.3 is 14.4 Å². The number of aromatic amines is 1. The fourth-order valence-electron chi connectivity index (χ4n) is 3.69. The van der Waals surface area contributed by atoms with E-state index in [0.717, 1.165) is 50.1 Å². The molecule has 0 aromatic carbocycles. The number of allylic oxidation sites excluding steroid dienone is 2. The van der Waals surface area contributed by atoms with Gasteiger partial charge in [-0.1, -0.05) is 19.9 Å². The van der Waals surface area contributed by atoms with Crippen LogP contribution in [0.4, 0.5) is 0 Å². The standard InChI is InChI=1S/C17H22N4O.C10H18O2/c1-2-3-17(22)21-11-8-16-14(12-21)15(19-20-16)5-4-13-6-9-18-10-7-13;1-5-6-10(12-4)8-7-9(2)11-3/h6-7,9-10H,2-5,8,11-12H2,1H3,(H,19,20);6-9H,5H2,1-4H3/b;8-7-,10-6+. The van der Waals surface area contributed by atoms with E-state index in [1.54, 1.807) is 14.2 Å². The van der Waals surface area contributed by atoms with Gasteiger partial charge in [-0.2, -0.15) is 5.10 Å². The van der Waals surface area contributed by atoms with E-state index in [1.165, 1.54) is 16.8 Å². The van der Waals surface area contributed by atoms with Crippen molar-refractivity contribution in [3.63, 3.8) is 0 Å². The minimum atomic E-state index is 0.139. The number of hydrogen-bond acceptors (Lipinski definition) is 5. The van der Waals surface area contributed by atoms with E-state index in [0.29, 0.717) is 13.0 Å². The van der Waals surface area contributed by atoms with Gasteiger partial charge in [-0.25, -0.2) is 0 Å². The second kappa shape index (κ2) is 15.1. The van der Waals surface area contributed by atoms with Crippen LogP contribution in [-0.2, 0) is 40.1 Å². The van der Waals surface area contributed by atoms with Crippen molar-refractivity contribution >= 4 is 5.91 Å². The van der Waals surface area contributed by atoms with Gasteiger partial charge in [0.1, 0.15) is 5.76 Å². The Bertz CT molecular complexity index is 921. The number of carbonyl (C=O) groups is 1. The summed E-state index contributed by atoms with van der Waals surface area (Å²) >= 11 is 0. The van der Waals surface area contributed by atoms with Gasteiger partial charge in [0, 0.05) is 56.7 Å². The third-order valence-corrected chi connectivity index (χ3v) is 5.78. The first kappa shape index (κ1) is 27.3. The molecule has 1 N–H and O–H groups in total. The largest absolute Gasteiger partial charge is 0.497 e. The molecule has 0 spiro atoms. The molecule has 1 amide bonds. The van der Waals surface area contributed by atoms with E-state index < -0.39 is 0 Å². The zero-order valence-corrected chi connectivity index (χ0v) is 21.3. The molecule has 0 saturated carbocycles. The highest BCUT2D eigenvalue weighted by molar-refractivity contribution is 5.76. The zero-order chi connectivity index (χ0) is 24.8. The fourth-order valence-corrected chi connectivity index (χ4v) is 3.69. The van der Waals surface area contributed by atoms with Crippen LogP contribution in [0.15, 0.2) is 48.5 Å². The highest BCUT2D eigenvalue weighted by atomic mass is 16.5. The first-order chi connectivity index (χ1) is 16.5. The Kier molecular flexibility index (Phi) is 12.1. The number of pyridine rings is 1. The maximum atomic E-state index is 12.1. The van der Waals surface area contributed by atoms with E-state index in [9.17, 15) is 4.79 Å². The van der Waals surface area contributed by atoms with Crippen LogP contribution in [0.3, 0.4) is 0 Å². The van der Waals surface area contributed by atoms with E-state index in [-0.39, 0.29) is 12.0 Å². The van der Waals surface area contributed by atoms with Crippen LogP contribution in [0, 0.1) is 0 Å². The summed E-state index contributed by atoms with van der Waals surface area (Å²) in [6.07, 6.45) is 14.9. The van der Waals surface area contributed by atoms with Gasteiger partial charge in [-0.15, -0.1) is 0 Å². The maximum Gasteiger partial charge on any atom is 0.222 e. The lowest BCUT2D eigenvalue weighted by Crippen LogP contribution is -2.35. The Morgan fingerprint density at radius 2 is 2.00 bits per heavy atom. The quantitative estimate of drug-likeness (QED) is 0.400. The number of nitrogens with zero attached hydrogens (tertiary/aromatic N) is 3. The number of ether oxygens (including phenoxy) is 2. The Morgan fingerprint density at radius 3 is 2.65 bits per heavy atom. The van der Waals surface area contributed by atoms with Crippen LogP contribution < -0.4 is 0 Å². The molecule has 2 aromatic rings. The average molecular weight is 469 g/mol. The molecule has 1 atom stereocenters. The van der Waals surface area contributed by atoms with Gasteiger partial charge in [-0.3, -0.25) is 14.9 Å². The smallest absolute Gasteiger partial charge is 0.222 e. The van der Waals surface area contributed by atoms with Crippen molar-refractivity contribution in [2.75, 3.05) is 20.8 Å². The van der Waals surface area contributed by atoms with Crippen molar-refractivity contribution in [1.29, 1.82) is 0 Å². The SMILES string of the molecule is CC/C=C(\C=C/C(C)OC)OC.CCCC(=O)N1CCc2[nH]nc(CCc3ccncc3)c2C1. The zero-order valence-electron chi connectivity index (χ0n) is 21.3. The molecular weight excluding hydrogens is 428 g/mol. The summed E-state index contributed by atoms with van der Waals surface area (Å²) in [4.78, 5) is 18.1. The molecule has 0 saturated heterocycles. The molecule has 1 aliphatic rings. The number of amides is 1. The minimum absolute atomic E-state index is 0.139. The second-order valence-corrected chi connectivity index (χ2v) is 8.32. The Labute approximate surface area is 204 Å². The van der Waals surface area contributed by atoms with Crippen LogP contribution in [0.25, 0.3) is 0 Å². The summed E-state index contributed by atoms with van der Waals surface area (Å²) < 4.78 is 10.2. The summed E-state index contributed by atoms with van der Waals surface area (Å²) in [5.41, 5.74) is 4.79. The third kappa shape index (κ3) is 8.78. The van der Waals surface area contributed by atoms with Gasteiger partial charge in [-0.05, 0) is 62.5 Å². The van der Waals surface area contributed by atoms with Gasteiger partial charge in [0.05, 0.1) is 18.9 Å². The number of aromatic nitrogens is 3. The molecule has 0 bridgehead atoms. The summed E-state index contributed by atoms with van der Waals surface area (Å²) in [7, 11) is 3.36. The molecule has 34 heavy (non-hydrogen) atoms. The molecule has 3 rings (SSSR count). The van der Waals surface area contributed by atoms with Crippen molar-refractivity contribution in [3.8, 4) is 0 Å². The number of hydrogen-bond donors (Lipinski definition) is 1. The van der Waals surface area contributed by atoms with Gasteiger partial charge in [0.2, 0.25) is 5.91 Å². The van der Waals surface area contributed by atoms with Gasteiger partial charge in [0.15, 0.2) is 0 Å². The van der Waals surface area contributed by atoms with Crippen LogP contribution >= 0.6 is 0 Å². The molecule has 1 unspecified atom stereocenters. The number of nitrogens with one attached hydrogen (secondary N) is 1. The van der Waals surface area contributed by atoms with Gasteiger partial charge in [0.25, 0.3) is 0 Å². The van der Waals surface area contributed by atoms with Crippen molar-refractivity contribution in [1.82, 2.24) is 20.1 Å². The van der Waals surface area contributed by atoms with Crippen molar-refractivity contribution in [3.05, 3.63) is 71.0 Å². The number of carbonyl (C=O) groups excluding carboxylic acids is 1. The van der Waals surface area contributed by atoms with Crippen LogP contribution in [0.2, 0.25) is 0 Å². The predicted octanol–water partition coefficient (Wildman–Crippen LogP) is 4.79. The highest BCUT2D eigenvalue weighted by Gasteiger charge is 2.24. The highest BCUT2D eigenvalue weighted by Crippen LogP contribution is 2.22. The monoisotopic (exact) mass is 468 g/mol. The van der Waals surface area contributed by atoms with Crippen molar-refractivity contribution < 1.29 is 14.3 Å². The molecule has 1 aliphatic heterocycles. The lowest BCUT2D eigenvalue weighted by molar-refractivity contribution is -0.132. The topological polar surface area (TPSA) is 80.3 Å². The summed E-state index contributed by atoms with van der Waals surface area (Å²) in [5, 5.41) is 7.63. The minimum Gasteiger partial charge on any atom is -0.497 e. The molecule has 7 heteroatoms. The Morgan fingerprint density at radius 1 is 1.24 bits per heavy atom. The molecule has 0 fully saturated rings. The molecular formula is C27H40N4O3. The maximum absolute atomic E-state index is 12.1. The lowest BCUT2D eigenvalue weighted by Gasteiger charge is -2.27. The molecule has 3 heterocycles. The van der Waals surface area contributed by atoms with E-state index in [1.807, 2.05) is 61.5 Å². The summed E-state index contributed by atoms with van der Waals surface area (Å²) in [5.74, 6) is 1.15. The lowest BCUT2D eigenvalue weighted by atomic mass is 10.0. The van der Waals surface area contributed by atoms with Crippen molar-refractivity contribution in [2.24, 2.45) is 0 Å². The number of methoxy groups -OCH3 is 2. The summed E-state index contributed by atoms with van der Waals surface area (Å²) in [6.45, 7) is 7.61. The number of fused-ring (bicyclic) bond motifs is 1. The number of rotatable bonds is 10. The fraction of sp³-hybridized carbons (Fsp3) is 0.519. The molecule has 0 aliphatic carbocycles. The normalized spacial score (nSPS) is 14.4. The molecule has 0 radical (unpaired) electrons. The second-order valence-electron chi connectivity index (χ2n) is 8.32. The third-order valence-electron chi connectivity index (χ3n) is 5.78. The van der Waals surface area contributed by atoms with Gasteiger partial charge >= 0.3 is 0 Å². The predicted molar refractivity (Wildman–Crippen MR) is 135 cm³/mol. The van der Waals surface area contributed by atoms with E-state index in [2.05, 4.69) is 22.1 Å². The van der Waals surface area contributed by atoms with Crippen LogP contribution in [-0.4, -0.2) is 52.9 Å². The molecule has 2 aromatic heterocycles. The number of aryl methyl sites for hydroxylation is 2. The Balaban J connectivity index is 0.000000292.